The number of Topliss-reactive ketones (excluding diaryl/α,β-unsaturated/α-hetero) is 1. The number of rotatable bonds is 4. The van der Waals surface area contributed by atoms with Gasteiger partial charge in [0.15, 0.2) is 17.8 Å². The molecule has 0 radical (unpaired) electrons. The summed E-state index contributed by atoms with van der Waals surface area (Å²) in [4.78, 5) is 15.7. The summed E-state index contributed by atoms with van der Waals surface area (Å²) in [6, 6.07) is 5.36. The molecule has 0 unspecified atom stereocenters. The second-order valence-corrected chi connectivity index (χ2v) is 4.19. The van der Waals surface area contributed by atoms with Crippen LogP contribution in [0.25, 0.3) is 11.1 Å². The van der Waals surface area contributed by atoms with Crippen molar-refractivity contribution in [2.45, 2.75) is 6.42 Å². The molecule has 0 aliphatic heterocycles. The summed E-state index contributed by atoms with van der Waals surface area (Å²) in [7, 11) is 0. The quantitative estimate of drug-likeness (QED) is 0.744. The van der Waals surface area contributed by atoms with Gasteiger partial charge < -0.3 is 4.42 Å². The molecule has 4 heteroatoms. The molecule has 1 heterocycles. The summed E-state index contributed by atoms with van der Waals surface area (Å²) in [5.74, 6) is 1.01. The SMILES string of the molecule is CSCCC(=O)c1ccc2ncoc2c1. The van der Waals surface area contributed by atoms with E-state index < -0.39 is 0 Å². The van der Waals surface area contributed by atoms with Crippen LogP contribution < -0.4 is 0 Å². The number of benzene rings is 1. The van der Waals surface area contributed by atoms with Crippen LogP contribution in [-0.4, -0.2) is 22.8 Å². The van der Waals surface area contributed by atoms with Crippen molar-refractivity contribution in [2.24, 2.45) is 0 Å². The van der Waals surface area contributed by atoms with Crippen LogP contribution in [0.5, 0.6) is 0 Å². The highest BCUT2D eigenvalue weighted by molar-refractivity contribution is 7.98. The number of hydrogen-bond donors (Lipinski definition) is 0. The summed E-state index contributed by atoms with van der Waals surface area (Å²) < 4.78 is 5.14. The minimum absolute atomic E-state index is 0.155. The number of hydrogen-bond acceptors (Lipinski definition) is 4. The van der Waals surface area contributed by atoms with Crippen molar-refractivity contribution in [1.82, 2.24) is 4.98 Å². The monoisotopic (exact) mass is 221 g/mol. The highest BCUT2D eigenvalue weighted by Gasteiger charge is 2.07. The van der Waals surface area contributed by atoms with Crippen molar-refractivity contribution < 1.29 is 9.21 Å². The second kappa shape index (κ2) is 4.49. The van der Waals surface area contributed by atoms with E-state index >= 15 is 0 Å². The largest absolute Gasteiger partial charge is 0.443 e. The average Bonchev–Trinajstić information content (AvgIpc) is 2.72. The topological polar surface area (TPSA) is 43.1 Å². The number of ketones is 1. The first-order valence-electron chi connectivity index (χ1n) is 4.66. The molecule has 78 valence electrons. The van der Waals surface area contributed by atoms with Gasteiger partial charge in [-0.25, -0.2) is 4.98 Å². The fourth-order valence-corrected chi connectivity index (χ4v) is 1.76. The summed E-state index contributed by atoms with van der Waals surface area (Å²) >= 11 is 1.67. The van der Waals surface area contributed by atoms with Crippen LogP contribution in [0.2, 0.25) is 0 Å². The van der Waals surface area contributed by atoms with Crippen LogP contribution in [0, 0.1) is 0 Å². The molecule has 1 aromatic carbocycles. The Balaban J connectivity index is 2.23. The summed E-state index contributed by atoms with van der Waals surface area (Å²) in [6.07, 6.45) is 3.95. The maximum Gasteiger partial charge on any atom is 0.181 e. The molecule has 0 spiro atoms. The van der Waals surface area contributed by atoms with Gasteiger partial charge >= 0.3 is 0 Å². The van der Waals surface area contributed by atoms with Gasteiger partial charge in [0.1, 0.15) is 5.52 Å². The molecule has 0 aliphatic carbocycles. The van der Waals surface area contributed by atoms with Crippen molar-refractivity contribution in [2.75, 3.05) is 12.0 Å². The van der Waals surface area contributed by atoms with Crippen LogP contribution in [-0.2, 0) is 0 Å². The van der Waals surface area contributed by atoms with Crippen LogP contribution in [0.15, 0.2) is 29.0 Å². The maximum atomic E-state index is 11.7. The number of thioether (sulfide) groups is 1. The molecule has 0 atom stereocenters. The Morgan fingerprint density at radius 3 is 3.20 bits per heavy atom. The van der Waals surface area contributed by atoms with Gasteiger partial charge in [0.05, 0.1) is 0 Å². The van der Waals surface area contributed by atoms with Crippen molar-refractivity contribution >= 4 is 28.6 Å². The Labute approximate surface area is 91.9 Å². The summed E-state index contributed by atoms with van der Waals surface area (Å²) in [6.45, 7) is 0. The van der Waals surface area contributed by atoms with Gasteiger partial charge in [-0.2, -0.15) is 11.8 Å². The highest BCUT2D eigenvalue weighted by atomic mass is 32.2. The normalized spacial score (nSPS) is 10.7. The Kier molecular flexibility index (Phi) is 3.06. The molecular weight excluding hydrogens is 210 g/mol. The van der Waals surface area contributed by atoms with Gasteiger partial charge in [-0.1, -0.05) is 0 Å². The lowest BCUT2D eigenvalue weighted by Crippen LogP contribution is -1.99. The van der Waals surface area contributed by atoms with Crippen LogP contribution in [0.1, 0.15) is 16.8 Å². The van der Waals surface area contributed by atoms with Gasteiger partial charge in [-0.3, -0.25) is 4.79 Å². The van der Waals surface area contributed by atoms with Crippen LogP contribution >= 0.6 is 11.8 Å². The number of fused-ring (bicyclic) bond motifs is 1. The Hall–Kier alpha value is -1.29. The van der Waals surface area contributed by atoms with Gasteiger partial charge in [0.25, 0.3) is 0 Å². The summed E-state index contributed by atoms with van der Waals surface area (Å²) in [5, 5.41) is 0. The third-order valence-corrected chi connectivity index (χ3v) is 2.80. The molecule has 0 amide bonds. The van der Waals surface area contributed by atoms with E-state index in [0.717, 1.165) is 11.3 Å². The average molecular weight is 221 g/mol. The Bertz CT molecular complexity index is 478. The van der Waals surface area contributed by atoms with Gasteiger partial charge in [0.2, 0.25) is 0 Å². The van der Waals surface area contributed by atoms with Gasteiger partial charge in [0, 0.05) is 17.7 Å². The first-order chi connectivity index (χ1) is 7.31. The molecule has 0 N–H and O–H groups in total. The van der Waals surface area contributed by atoms with E-state index in [1.807, 2.05) is 12.3 Å². The van der Waals surface area contributed by atoms with E-state index in [-0.39, 0.29) is 5.78 Å². The third-order valence-electron chi connectivity index (χ3n) is 2.19. The predicted octanol–water partition coefficient (Wildman–Crippen LogP) is 2.76. The molecule has 2 rings (SSSR count). The minimum Gasteiger partial charge on any atom is -0.443 e. The fourth-order valence-electron chi connectivity index (χ4n) is 1.37. The zero-order chi connectivity index (χ0) is 10.7. The van der Waals surface area contributed by atoms with Crippen LogP contribution in [0.3, 0.4) is 0 Å². The van der Waals surface area contributed by atoms with Gasteiger partial charge in [-0.05, 0) is 24.5 Å². The number of carbonyl (C=O) groups is 1. The van der Waals surface area contributed by atoms with E-state index in [0.29, 0.717) is 17.6 Å². The van der Waals surface area contributed by atoms with Crippen molar-refractivity contribution in [3.8, 4) is 0 Å². The van der Waals surface area contributed by atoms with E-state index in [1.54, 1.807) is 23.9 Å². The lowest BCUT2D eigenvalue weighted by atomic mass is 10.1. The molecule has 3 nitrogen and oxygen atoms in total. The first-order valence-corrected chi connectivity index (χ1v) is 6.06. The van der Waals surface area contributed by atoms with E-state index in [4.69, 9.17) is 4.42 Å². The van der Waals surface area contributed by atoms with Crippen molar-refractivity contribution in [3.63, 3.8) is 0 Å². The zero-order valence-electron chi connectivity index (χ0n) is 8.40. The van der Waals surface area contributed by atoms with Crippen molar-refractivity contribution in [3.05, 3.63) is 30.2 Å². The Morgan fingerprint density at radius 2 is 2.40 bits per heavy atom. The molecular formula is C11H11NO2S. The highest BCUT2D eigenvalue weighted by Crippen LogP contribution is 2.15. The molecule has 0 bridgehead atoms. The third kappa shape index (κ3) is 2.21. The van der Waals surface area contributed by atoms with E-state index in [2.05, 4.69) is 4.98 Å². The Morgan fingerprint density at radius 1 is 1.53 bits per heavy atom. The molecule has 2 aromatic rings. The maximum absolute atomic E-state index is 11.7. The molecule has 15 heavy (non-hydrogen) atoms. The second-order valence-electron chi connectivity index (χ2n) is 3.20. The van der Waals surface area contributed by atoms with Gasteiger partial charge in [-0.15, -0.1) is 0 Å². The zero-order valence-corrected chi connectivity index (χ0v) is 9.21. The summed E-state index contributed by atoms with van der Waals surface area (Å²) in [5.41, 5.74) is 2.16. The minimum atomic E-state index is 0.155. The lowest BCUT2D eigenvalue weighted by Gasteiger charge is -1.98. The molecule has 0 fully saturated rings. The fraction of sp³-hybridized carbons (Fsp3) is 0.273. The lowest BCUT2D eigenvalue weighted by molar-refractivity contribution is 0.0989. The smallest absolute Gasteiger partial charge is 0.181 e. The van der Waals surface area contributed by atoms with Crippen LogP contribution in [0.4, 0.5) is 0 Å². The van der Waals surface area contributed by atoms with Crippen molar-refractivity contribution in [1.29, 1.82) is 0 Å². The number of carbonyl (C=O) groups excluding carboxylic acids is 1. The molecule has 0 saturated carbocycles. The number of aromatic nitrogens is 1. The molecule has 0 saturated heterocycles. The molecule has 1 aromatic heterocycles. The predicted molar refractivity (Wildman–Crippen MR) is 61.3 cm³/mol. The van der Waals surface area contributed by atoms with E-state index in [1.165, 1.54) is 6.39 Å². The standard InChI is InChI=1S/C11H11NO2S/c1-15-5-4-10(13)8-2-3-9-11(6-8)14-7-12-9/h2-3,6-7H,4-5H2,1H3. The van der Waals surface area contributed by atoms with E-state index in [9.17, 15) is 4.79 Å². The molecule has 0 aliphatic rings. The number of nitrogens with zero attached hydrogens (tertiary/aromatic N) is 1. The number of oxazole rings is 1. The first kappa shape index (κ1) is 10.2.